The fraction of sp³-hybridized carbons (Fsp3) is 0.111. The lowest BCUT2D eigenvalue weighted by atomic mass is 10.1. The van der Waals surface area contributed by atoms with Crippen LogP contribution in [0.3, 0.4) is 0 Å². The highest BCUT2D eigenvalue weighted by Crippen LogP contribution is 2.21. The molecule has 2 heterocycles. The van der Waals surface area contributed by atoms with Gasteiger partial charge in [0.05, 0.1) is 16.8 Å². The highest BCUT2D eigenvalue weighted by atomic mass is 79.9. The third-order valence-corrected chi connectivity index (χ3v) is 4.36. The van der Waals surface area contributed by atoms with E-state index in [1.807, 2.05) is 6.92 Å². The van der Waals surface area contributed by atoms with Crippen LogP contribution >= 0.6 is 15.9 Å². The SMILES string of the molecule is CCc1nc2ccc(Br)cn2c1C(=O)Nc1cc(C(=O)O)cc(C(=O)O)c1. The standard InChI is InChI=1S/C18H14BrN3O5/c1-2-13-15(22-8-11(19)3-4-14(22)21-13)16(23)20-12-6-9(17(24)25)5-10(7-12)18(26)27/h3-8H,2H2,1H3,(H,20,23)(H,24,25)(H,26,27). The number of halogens is 1. The lowest BCUT2D eigenvalue weighted by Gasteiger charge is -2.09. The summed E-state index contributed by atoms with van der Waals surface area (Å²) in [5.74, 6) is -3.10. The molecule has 0 radical (unpaired) electrons. The van der Waals surface area contributed by atoms with Crippen molar-refractivity contribution in [3.8, 4) is 0 Å². The third-order valence-electron chi connectivity index (χ3n) is 3.89. The Balaban J connectivity index is 2.06. The number of amides is 1. The minimum Gasteiger partial charge on any atom is -0.478 e. The molecule has 2 aromatic heterocycles. The van der Waals surface area contributed by atoms with E-state index in [9.17, 15) is 14.4 Å². The molecular formula is C18H14BrN3O5. The second-order valence-electron chi connectivity index (χ2n) is 5.70. The molecule has 3 N–H and O–H groups in total. The van der Waals surface area contributed by atoms with Gasteiger partial charge in [0.15, 0.2) is 0 Å². The number of nitrogens with zero attached hydrogens (tertiary/aromatic N) is 2. The zero-order chi connectivity index (χ0) is 19.7. The number of aromatic nitrogens is 2. The molecule has 0 aliphatic heterocycles. The monoisotopic (exact) mass is 431 g/mol. The highest BCUT2D eigenvalue weighted by molar-refractivity contribution is 9.10. The summed E-state index contributed by atoms with van der Waals surface area (Å²) in [7, 11) is 0. The maximum atomic E-state index is 12.9. The first-order valence-electron chi connectivity index (χ1n) is 7.89. The average Bonchev–Trinajstić information content (AvgIpc) is 2.99. The number of anilines is 1. The molecule has 0 aliphatic carbocycles. The Labute approximate surface area is 161 Å². The van der Waals surface area contributed by atoms with Crippen LogP contribution in [0.5, 0.6) is 0 Å². The molecule has 3 aromatic rings. The minimum absolute atomic E-state index is 0.0734. The van der Waals surface area contributed by atoms with E-state index in [1.54, 1.807) is 22.7 Å². The Bertz CT molecular complexity index is 1060. The summed E-state index contributed by atoms with van der Waals surface area (Å²) < 4.78 is 2.38. The van der Waals surface area contributed by atoms with Crippen LogP contribution in [-0.2, 0) is 6.42 Å². The minimum atomic E-state index is -1.29. The molecule has 0 saturated carbocycles. The maximum absolute atomic E-state index is 12.9. The molecule has 1 aromatic carbocycles. The first kappa shape index (κ1) is 18.6. The lowest BCUT2D eigenvalue weighted by molar-refractivity contribution is 0.0696. The fourth-order valence-corrected chi connectivity index (χ4v) is 3.03. The zero-order valence-corrected chi connectivity index (χ0v) is 15.6. The number of rotatable bonds is 5. The Kier molecular flexibility index (Phi) is 4.95. The Morgan fingerprint density at radius 2 is 1.74 bits per heavy atom. The van der Waals surface area contributed by atoms with Gasteiger partial charge in [-0.2, -0.15) is 0 Å². The number of carbonyl (C=O) groups is 3. The quantitative estimate of drug-likeness (QED) is 0.569. The lowest BCUT2D eigenvalue weighted by Crippen LogP contribution is -2.17. The normalized spacial score (nSPS) is 10.7. The first-order chi connectivity index (χ1) is 12.8. The third kappa shape index (κ3) is 3.68. The van der Waals surface area contributed by atoms with E-state index in [1.165, 1.54) is 12.1 Å². The van der Waals surface area contributed by atoms with Gasteiger partial charge in [-0.25, -0.2) is 14.6 Å². The predicted octanol–water partition coefficient (Wildman–Crippen LogP) is 3.31. The van der Waals surface area contributed by atoms with Crippen molar-refractivity contribution in [2.24, 2.45) is 0 Å². The summed E-state index contributed by atoms with van der Waals surface area (Å²) in [5, 5.41) is 20.9. The number of carbonyl (C=O) groups excluding carboxylic acids is 1. The van der Waals surface area contributed by atoms with Crippen LogP contribution in [0, 0.1) is 0 Å². The Hall–Kier alpha value is -3.20. The summed E-state index contributed by atoms with van der Waals surface area (Å²) in [6, 6.07) is 7.00. The van der Waals surface area contributed by atoms with Crippen LogP contribution in [0.4, 0.5) is 5.69 Å². The van der Waals surface area contributed by atoms with Crippen molar-refractivity contribution in [3.63, 3.8) is 0 Å². The molecule has 0 aliphatic rings. The molecule has 1 amide bonds. The molecule has 3 rings (SSSR count). The zero-order valence-electron chi connectivity index (χ0n) is 14.1. The number of pyridine rings is 1. The summed E-state index contributed by atoms with van der Waals surface area (Å²) in [6.45, 7) is 1.86. The van der Waals surface area contributed by atoms with Crippen molar-refractivity contribution >= 4 is 45.1 Å². The van der Waals surface area contributed by atoms with E-state index in [2.05, 4.69) is 26.2 Å². The molecule has 9 heteroatoms. The van der Waals surface area contributed by atoms with E-state index in [0.29, 0.717) is 23.5 Å². The summed E-state index contributed by atoms with van der Waals surface area (Å²) in [5.41, 5.74) is 1.06. The highest BCUT2D eigenvalue weighted by Gasteiger charge is 2.20. The topological polar surface area (TPSA) is 121 Å². The second kappa shape index (κ2) is 7.20. The molecule has 0 fully saturated rings. The molecule has 0 spiro atoms. The van der Waals surface area contributed by atoms with Crippen molar-refractivity contribution in [2.75, 3.05) is 5.32 Å². The van der Waals surface area contributed by atoms with Crippen molar-refractivity contribution in [1.29, 1.82) is 0 Å². The molecule has 0 unspecified atom stereocenters. The Morgan fingerprint density at radius 1 is 1.11 bits per heavy atom. The summed E-state index contributed by atoms with van der Waals surface area (Å²) >= 11 is 3.35. The fourth-order valence-electron chi connectivity index (χ4n) is 2.69. The number of imidazole rings is 1. The number of hydrogen-bond donors (Lipinski definition) is 3. The second-order valence-corrected chi connectivity index (χ2v) is 6.62. The largest absolute Gasteiger partial charge is 0.478 e. The number of fused-ring (bicyclic) bond motifs is 1. The number of benzene rings is 1. The smallest absolute Gasteiger partial charge is 0.335 e. The van der Waals surface area contributed by atoms with Crippen LogP contribution in [0.2, 0.25) is 0 Å². The number of aromatic carboxylic acids is 2. The van der Waals surface area contributed by atoms with E-state index in [-0.39, 0.29) is 16.8 Å². The van der Waals surface area contributed by atoms with Gasteiger partial charge in [-0.1, -0.05) is 6.92 Å². The maximum Gasteiger partial charge on any atom is 0.335 e. The molecule has 27 heavy (non-hydrogen) atoms. The van der Waals surface area contributed by atoms with Crippen LogP contribution in [0.25, 0.3) is 5.65 Å². The summed E-state index contributed by atoms with van der Waals surface area (Å²) in [6.07, 6.45) is 2.21. The predicted molar refractivity (Wildman–Crippen MR) is 101 cm³/mol. The number of aryl methyl sites for hydroxylation is 1. The van der Waals surface area contributed by atoms with E-state index < -0.39 is 17.8 Å². The number of nitrogens with one attached hydrogen (secondary N) is 1. The van der Waals surface area contributed by atoms with Gasteiger partial charge in [0.2, 0.25) is 0 Å². The molecular weight excluding hydrogens is 418 g/mol. The van der Waals surface area contributed by atoms with Gasteiger partial charge in [-0.3, -0.25) is 9.20 Å². The van der Waals surface area contributed by atoms with Gasteiger partial charge < -0.3 is 15.5 Å². The Morgan fingerprint density at radius 3 is 2.30 bits per heavy atom. The van der Waals surface area contributed by atoms with Gasteiger partial charge in [-0.15, -0.1) is 0 Å². The average molecular weight is 432 g/mol. The number of carboxylic acid groups (broad SMARTS) is 2. The molecule has 0 saturated heterocycles. The first-order valence-corrected chi connectivity index (χ1v) is 8.69. The van der Waals surface area contributed by atoms with Crippen molar-refractivity contribution in [3.05, 3.63) is 63.5 Å². The van der Waals surface area contributed by atoms with E-state index in [0.717, 1.165) is 10.5 Å². The van der Waals surface area contributed by atoms with Gasteiger partial charge in [0.1, 0.15) is 11.3 Å². The summed E-state index contributed by atoms with van der Waals surface area (Å²) in [4.78, 5) is 39.7. The van der Waals surface area contributed by atoms with E-state index >= 15 is 0 Å². The van der Waals surface area contributed by atoms with E-state index in [4.69, 9.17) is 10.2 Å². The van der Waals surface area contributed by atoms with Crippen LogP contribution < -0.4 is 5.32 Å². The molecule has 0 bridgehead atoms. The number of hydrogen-bond acceptors (Lipinski definition) is 4. The molecule has 138 valence electrons. The van der Waals surface area contributed by atoms with Crippen molar-refractivity contribution < 1.29 is 24.6 Å². The van der Waals surface area contributed by atoms with Gasteiger partial charge in [0.25, 0.3) is 5.91 Å². The van der Waals surface area contributed by atoms with Gasteiger partial charge in [-0.05, 0) is 52.7 Å². The van der Waals surface area contributed by atoms with Gasteiger partial charge in [0, 0.05) is 16.4 Å². The molecule has 8 nitrogen and oxygen atoms in total. The molecule has 0 atom stereocenters. The van der Waals surface area contributed by atoms with Crippen LogP contribution in [-0.4, -0.2) is 37.4 Å². The van der Waals surface area contributed by atoms with Crippen molar-refractivity contribution in [2.45, 2.75) is 13.3 Å². The van der Waals surface area contributed by atoms with Crippen molar-refractivity contribution in [1.82, 2.24) is 9.38 Å². The van der Waals surface area contributed by atoms with Crippen LogP contribution in [0.1, 0.15) is 43.8 Å². The van der Waals surface area contributed by atoms with Gasteiger partial charge >= 0.3 is 11.9 Å². The number of carboxylic acids is 2. The van der Waals surface area contributed by atoms with Crippen LogP contribution in [0.15, 0.2) is 41.0 Å².